The molecule has 1 heterocycles. The second-order valence-electron chi connectivity index (χ2n) is 6.62. The van der Waals surface area contributed by atoms with Crippen molar-refractivity contribution < 1.29 is 9.53 Å². The molecule has 2 rings (SSSR count). The van der Waals surface area contributed by atoms with Gasteiger partial charge in [0.2, 0.25) is 5.91 Å². The van der Waals surface area contributed by atoms with Crippen molar-refractivity contribution in [2.24, 2.45) is 5.92 Å². The maximum atomic E-state index is 11.9. The molecule has 4 heteroatoms. The minimum Gasteiger partial charge on any atom is -0.491 e. The molecule has 0 bridgehead atoms. The summed E-state index contributed by atoms with van der Waals surface area (Å²) in [5.74, 6) is 2.21. The molecule has 0 aromatic heterocycles. The third kappa shape index (κ3) is 6.22. The van der Waals surface area contributed by atoms with Crippen molar-refractivity contribution in [2.45, 2.75) is 45.4 Å². The highest BCUT2D eigenvalue weighted by molar-refractivity contribution is 5.75. The highest BCUT2D eigenvalue weighted by Crippen LogP contribution is 2.25. The minimum atomic E-state index is 0.143. The molecular formula is C19H30N2O2. The molecule has 1 aromatic rings. The summed E-state index contributed by atoms with van der Waals surface area (Å²) in [6, 6.07) is 8.11. The number of nitrogens with one attached hydrogen (secondary N) is 2. The first-order valence-electron chi connectivity index (χ1n) is 8.86. The van der Waals surface area contributed by atoms with Crippen molar-refractivity contribution >= 4 is 5.91 Å². The zero-order valence-corrected chi connectivity index (χ0v) is 14.4. The molecule has 0 atom stereocenters. The van der Waals surface area contributed by atoms with Crippen LogP contribution in [-0.4, -0.2) is 32.1 Å². The Hall–Kier alpha value is -1.55. The highest BCUT2D eigenvalue weighted by atomic mass is 16.5. The Bertz CT molecular complexity index is 482. The lowest BCUT2D eigenvalue weighted by molar-refractivity contribution is -0.121. The summed E-state index contributed by atoms with van der Waals surface area (Å²) < 4.78 is 5.82. The molecular weight excluding hydrogens is 288 g/mol. The first kappa shape index (κ1) is 17.8. The topological polar surface area (TPSA) is 50.4 Å². The Labute approximate surface area is 140 Å². The summed E-state index contributed by atoms with van der Waals surface area (Å²) in [5.41, 5.74) is 1.21. The number of piperidine rings is 1. The molecule has 128 valence electrons. The first-order chi connectivity index (χ1) is 11.2. The zero-order valence-electron chi connectivity index (χ0n) is 14.4. The monoisotopic (exact) mass is 318 g/mol. The third-order valence-corrected chi connectivity index (χ3v) is 4.46. The van der Waals surface area contributed by atoms with E-state index in [9.17, 15) is 4.79 Å². The van der Waals surface area contributed by atoms with Gasteiger partial charge in [0, 0.05) is 6.42 Å². The fourth-order valence-electron chi connectivity index (χ4n) is 3.03. The highest BCUT2D eigenvalue weighted by Gasteiger charge is 2.14. The lowest BCUT2D eigenvalue weighted by Crippen LogP contribution is -2.31. The van der Waals surface area contributed by atoms with Crippen molar-refractivity contribution in [1.29, 1.82) is 0 Å². The van der Waals surface area contributed by atoms with E-state index in [0.717, 1.165) is 25.3 Å². The second kappa shape index (κ2) is 9.56. The van der Waals surface area contributed by atoms with Crippen LogP contribution in [0.3, 0.4) is 0 Å². The maximum Gasteiger partial charge on any atom is 0.220 e. The van der Waals surface area contributed by atoms with E-state index in [1.54, 1.807) is 0 Å². The van der Waals surface area contributed by atoms with Crippen molar-refractivity contribution in [1.82, 2.24) is 10.6 Å². The molecule has 1 fully saturated rings. The lowest BCUT2D eigenvalue weighted by atomic mass is 9.93. The first-order valence-corrected chi connectivity index (χ1v) is 8.86. The van der Waals surface area contributed by atoms with Crippen LogP contribution in [0.15, 0.2) is 24.3 Å². The fourth-order valence-corrected chi connectivity index (χ4v) is 3.03. The normalized spacial score (nSPS) is 15.6. The molecule has 0 radical (unpaired) electrons. The number of ether oxygens (including phenoxy) is 1. The molecule has 0 aliphatic carbocycles. The van der Waals surface area contributed by atoms with Gasteiger partial charge >= 0.3 is 0 Å². The molecule has 1 amide bonds. The summed E-state index contributed by atoms with van der Waals surface area (Å²) in [4.78, 5) is 11.9. The van der Waals surface area contributed by atoms with Gasteiger partial charge < -0.3 is 15.4 Å². The molecule has 1 aliphatic heterocycles. The predicted molar refractivity (Wildman–Crippen MR) is 93.9 cm³/mol. The van der Waals surface area contributed by atoms with Gasteiger partial charge in [0.05, 0.1) is 6.54 Å². The number of carbonyl (C=O) groups excluding carboxylic acids is 1. The number of para-hydroxylation sites is 1. The predicted octanol–water partition coefficient (Wildman–Crippen LogP) is 3.08. The number of rotatable bonds is 8. The van der Waals surface area contributed by atoms with Gasteiger partial charge in [-0.2, -0.15) is 0 Å². The minimum absolute atomic E-state index is 0.143. The largest absolute Gasteiger partial charge is 0.491 e. The Balaban J connectivity index is 1.62. The van der Waals surface area contributed by atoms with Gasteiger partial charge in [-0.25, -0.2) is 0 Å². The van der Waals surface area contributed by atoms with Crippen LogP contribution in [0.1, 0.15) is 51.0 Å². The number of amides is 1. The Kier molecular flexibility index (Phi) is 7.40. The molecule has 1 aromatic carbocycles. The van der Waals surface area contributed by atoms with E-state index in [-0.39, 0.29) is 5.91 Å². The molecule has 0 unspecified atom stereocenters. The van der Waals surface area contributed by atoms with Crippen LogP contribution >= 0.6 is 0 Å². The Morgan fingerprint density at radius 1 is 1.30 bits per heavy atom. The third-order valence-electron chi connectivity index (χ3n) is 4.46. The van der Waals surface area contributed by atoms with Crippen molar-refractivity contribution in [2.75, 3.05) is 26.2 Å². The van der Waals surface area contributed by atoms with Crippen molar-refractivity contribution in [3.8, 4) is 5.75 Å². The van der Waals surface area contributed by atoms with E-state index < -0.39 is 0 Å². The fraction of sp³-hybridized carbons (Fsp3) is 0.632. The zero-order chi connectivity index (χ0) is 16.5. The maximum absolute atomic E-state index is 11.9. The number of hydrogen-bond donors (Lipinski definition) is 2. The molecule has 0 spiro atoms. The van der Waals surface area contributed by atoms with Crippen LogP contribution in [0, 0.1) is 5.92 Å². The van der Waals surface area contributed by atoms with Gasteiger partial charge in [-0.1, -0.05) is 32.0 Å². The Morgan fingerprint density at radius 3 is 2.78 bits per heavy atom. The van der Waals surface area contributed by atoms with Crippen LogP contribution in [-0.2, 0) is 4.79 Å². The van der Waals surface area contributed by atoms with Crippen LogP contribution in [0.5, 0.6) is 5.75 Å². The molecule has 4 nitrogen and oxygen atoms in total. The SMILES string of the molecule is CC(C)c1ccccc1OCCNC(=O)CCC1CCNCC1. The average molecular weight is 318 g/mol. The summed E-state index contributed by atoms with van der Waals surface area (Å²) >= 11 is 0. The van der Waals surface area contributed by atoms with E-state index in [1.807, 2.05) is 18.2 Å². The van der Waals surface area contributed by atoms with Gasteiger partial charge in [0.15, 0.2) is 0 Å². The standard InChI is InChI=1S/C19H30N2O2/c1-15(2)17-5-3-4-6-18(17)23-14-13-21-19(22)8-7-16-9-11-20-12-10-16/h3-6,15-16,20H,7-14H2,1-2H3,(H,21,22). The second-order valence-corrected chi connectivity index (χ2v) is 6.62. The van der Waals surface area contributed by atoms with Crippen LogP contribution < -0.4 is 15.4 Å². The van der Waals surface area contributed by atoms with Gasteiger partial charge in [-0.15, -0.1) is 0 Å². The van der Waals surface area contributed by atoms with Gasteiger partial charge in [0.25, 0.3) is 0 Å². The number of hydrogen-bond acceptors (Lipinski definition) is 3. The molecule has 0 saturated carbocycles. The van der Waals surface area contributed by atoms with Crippen LogP contribution in [0.2, 0.25) is 0 Å². The van der Waals surface area contributed by atoms with Gasteiger partial charge in [-0.05, 0) is 55.8 Å². The van der Waals surface area contributed by atoms with Gasteiger partial charge in [0.1, 0.15) is 12.4 Å². The Morgan fingerprint density at radius 2 is 2.04 bits per heavy atom. The smallest absolute Gasteiger partial charge is 0.220 e. The van der Waals surface area contributed by atoms with Crippen molar-refractivity contribution in [3.05, 3.63) is 29.8 Å². The summed E-state index contributed by atoms with van der Waals surface area (Å²) in [5, 5.41) is 6.32. The molecule has 1 saturated heterocycles. The summed E-state index contributed by atoms with van der Waals surface area (Å²) in [6.07, 6.45) is 4.03. The summed E-state index contributed by atoms with van der Waals surface area (Å²) in [7, 11) is 0. The molecule has 23 heavy (non-hydrogen) atoms. The quantitative estimate of drug-likeness (QED) is 0.724. The van der Waals surface area contributed by atoms with E-state index in [2.05, 4.69) is 30.5 Å². The number of carbonyl (C=O) groups is 1. The van der Waals surface area contributed by atoms with Crippen LogP contribution in [0.4, 0.5) is 0 Å². The van der Waals surface area contributed by atoms with E-state index in [4.69, 9.17) is 4.74 Å². The average Bonchev–Trinajstić information content (AvgIpc) is 2.58. The lowest BCUT2D eigenvalue weighted by Gasteiger charge is -2.22. The van der Waals surface area contributed by atoms with E-state index in [1.165, 1.54) is 18.4 Å². The van der Waals surface area contributed by atoms with E-state index >= 15 is 0 Å². The van der Waals surface area contributed by atoms with Crippen LogP contribution in [0.25, 0.3) is 0 Å². The molecule has 1 aliphatic rings. The van der Waals surface area contributed by atoms with Crippen molar-refractivity contribution in [3.63, 3.8) is 0 Å². The summed E-state index contributed by atoms with van der Waals surface area (Å²) in [6.45, 7) is 7.58. The van der Waals surface area contributed by atoms with E-state index in [0.29, 0.717) is 31.4 Å². The number of benzene rings is 1. The van der Waals surface area contributed by atoms with Gasteiger partial charge in [-0.3, -0.25) is 4.79 Å². The molecule has 2 N–H and O–H groups in total.